The molecule has 0 radical (unpaired) electrons. The standard InChI is InChI=1S/C30H31FN4O4/c1-2-21-5-7-23(8-6-21)28(37)34-16-13-30(14-17-34)35(29(38)24-9-11-25(31)12-10-24)26(20-39-30)27(36)33-19-22-4-3-15-32-18-22/h3-12,15,18,26H,2,13-14,16-17,19-20H2,1H3,(H,33,36)/t26-/m1/s1. The van der Waals surface area contributed by atoms with Crippen LogP contribution in [-0.2, 0) is 22.5 Å². The second kappa shape index (κ2) is 11.3. The van der Waals surface area contributed by atoms with Crippen LogP contribution in [-0.4, -0.2) is 64.0 Å². The Bertz CT molecular complexity index is 1320. The molecule has 2 saturated heterocycles. The van der Waals surface area contributed by atoms with Crippen LogP contribution in [0.5, 0.6) is 0 Å². The van der Waals surface area contributed by atoms with Gasteiger partial charge < -0.3 is 15.0 Å². The topological polar surface area (TPSA) is 91.8 Å². The number of carbonyl (C=O) groups excluding carboxylic acids is 3. The summed E-state index contributed by atoms with van der Waals surface area (Å²) >= 11 is 0. The fourth-order valence-corrected chi connectivity index (χ4v) is 5.23. The summed E-state index contributed by atoms with van der Waals surface area (Å²) in [4.78, 5) is 47.6. The van der Waals surface area contributed by atoms with E-state index in [4.69, 9.17) is 4.74 Å². The first-order valence-corrected chi connectivity index (χ1v) is 13.2. The minimum Gasteiger partial charge on any atom is -0.353 e. The number of aromatic nitrogens is 1. The Morgan fingerprint density at radius 3 is 2.28 bits per heavy atom. The van der Waals surface area contributed by atoms with Crippen LogP contribution in [0, 0.1) is 5.82 Å². The van der Waals surface area contributed by atoms with E-state index in [1.165, 1.54) is 29.2 Å². The Hall–Kier alpha value is -4.11. The summed E-state index contributed by atoms with van der Waals surface area (Å²) in [5, 5.41) is 2.89. The number of halogens is 1. The Balaban J connectivity index is 1.34. The predicted molar refractivity (Wildman–Crippen MR) is 142 cm³/mol. The summed E-state index contributed by atoms with van der Waals surface area (Å²) in [5.41, 5.74) is 1.81. The van der Waals surface area contributed by atoms with Crippen LogP contribution in [0.4, 0.5) is 4.39 Å². The number of pyridine rings is 1. The number of nitrogens with zero attached hydrogens (tertiary/aromatic N) is 3. The summed E-state index contributed by atoms with van der Waals surface area (Å²) in [6.45, 7) is 3.08. The quantitative estimate of drug-likeness (QED) is 0.526. The number of piperidine rings is 1. The first-order valence-electron chi connectivity index (χ1n) is 13.2. The maximum absolute atomic E-state index is 13.8. The van der Waals surface area contributed by atoms with Crippen molar-refractivity contribution in [3.63, 3.8) is 0 Å². The molecule has 1 atom stereocenters. The number of nitrogens with one attached hydrogen (secondary N) is 1. The lowest BCUT2D eigenvalue weighted by atomic mass is 9.96. The highest BCUT2D eigenvalue weighted by molar-refractivity contribution is 5.98. The zero-order valence-electron chi connectivity index (χ0n) is 21.8. The van der Waals surface area contributed by atoms with Gasteiger partial charge in [-0.1, -0.05) is 25.1 Å². The highest BCUT2D eigenvalue weighted by Crippen LogP contribution is 2.39. The van der Waals surface area contributed by atoms with Gasteiger partial charge in [-0.05, 0) is 60.0 Å². The van der Waals surface area contributed by atoms with Crippen molar-refractivity contribution in [1.29, 1.82) is 0 Å². The third-order valence-corrected chi connectivity index (χ3v) is 7.50. The lowest BCUT2D eigenvalue weighted by molar-refractivity contribution is -0.128. The van der Waals surface area contributed by atoms with E-state index in [0.717, 1.165) is 17.5 Å². The zero-order valence-corrected chi connectivity index (χ0v) is 21.8. The van der Waals surface area contributed by atoms with E-state index >= 15 is 0 Å². The number of amides is 3. The van der Waals surface area contributed by atoms with Crippen molar-refractivity contribution in [1.82, 2.24) is 20.1 Å². The van der Waals surface area contributed by atoms with Gasteiger partial charge in [0.25, 0.3) is 11.8 Å². The van der Waals surface area contributed by atoms with Crippen molar-refractivity contribution in [2.24, 2.45) is 0 Å². The number of rotatable bonds is 6. The van der Waals surface area contributed by atoms with Crippen molar-refractivity contribution in [2.45, 2.75) is 44.5 Å². The zero-order chi connectivity index (χ0) is 27.4. The Kier molecular flexibility index (Phi) is 7.70. The Morgan fingerprint density at radius 1 is 0.974 bits per heavy atom. The van der Waals surface area contributed by atoms with Gasteiger partial charge in [0, 0.05) is 56.0 Å². The molecule has 3 aromatic rings. The largest absolute Gasteiger partial charge is 0.353 e. The summed E-state index contributed by atoms with van der Waals surface area (Å²) in [6.07, 6.45) is 4.92. The number of aryl methyl sites for hydroxylation is 1. The normalized spacial score (nSPS) is 18.3. The minimum absolute atomic E-state index is 0.0260. The third kappa shape index (κ3) is 5.54. The first kappa shape index (κ1) is 26.5. The molecule has 2 fully saturated rings. The van der Waals surface area contributed by atoms with Gasteiger partial charge in [-0.2, -0.15) is 0 Å². The predicted octanol–water partition coefficient (Wildman–Crippen LogP) is 3.57. The number of hydrogen-bond donors (Lipinski definition) is 1. The van der Waals surface area contributed by atoms with Crippen molar-refractivity contribution < 1.29 is 23.5 Å². The van der Waals surface area contributed by atoms with Crippen LogP contribution >= 0.6 is 0 Å². The molecule has 5 rings (SSSR count). The number of likely N-dealkylation sites (tertiary alicyclic amines) is 1. The number of benzene rings is 2. The highest BCUT2D eigenvalue weighted by atomic mass is 19.1. The number of ether oxygens (including phenoxy) is 1. The van der Waals surface area contributed by atoms with Crippen LogP contribution in [0.1, 0.15) is 51.6 Å². The third-order valence-electron chi connectivity index (χ3n) is 7.50. The number of hydrogen-bond acceptors (Lipinski definition) is 5. The summed E-state index contributed by atoms with van der Waals surface area (Å²) in [6, 6.07) is 15.6. The van der Waals surface area contributed by atoms with Crippen molar-refractivity contribution in [3.05, 3.63) is 101 Å². The lowest BCUT2D eigenvalue weighted by Gasteiger charge is -2.44. The molecule has 9 heteroatoms. The highest BCUT2D eigenvalue weighted by Gasteiger charge is 2.54. The maximum Gasteiger partial charge on any atom is 0.256 e. The average molecular weight is 531 g/mol. The van der Waals surface area contributed by atoms with Crippen LogP contribution in [0.2, 0.25) is 0 Å². The molecule has 0 saturated carbocycles. The molecule has 39 heavy (non-hydrogen) atoms. The van der Waals surface area contributed by atoms with Crippen molar-refractivity contribution >= 4 is 17.7 Å². The van der Waals surface area contributed by atoms with Gasteiger partial charge in [-0.15, -0.1) is 0 Å². The molecule has 2 aliphatic rings. The molecule has 3 heterocycles. The molecule has 2 aromatic carbocycles. The molecule has 2 aliphatic heterocycles. The molecular formula is C30H31FN4O4. The fourth-order valence-electron chi connectivity index (χ4n) is 5.23. The summed E-state index contributed by atoms with van der Waals surface area (Å²) in [7, 11) is 0. The molecule has 0 bridgehead atoms. The Morgan fingerprint density at radius 2 is 1.64 bits per heavy atom. The van der Waals surface area contributed by atoms with E-state index in [9.17, 15) is 18.8 Å². The Labute approximate surface area is 226 Å². The van der Waals surface area contributed by atoms with Crippen molar-refractivity contribution in [3.8, 4) is 0 Å². The fraction of sp³-hybridized carbons (Fsp3) is 0.333. The van der Waals surface area contributed by atoms with Gasteiger partial charge >= 0.3 is 0 Å². The smallest absolute Gasteiger partial charge is 0.256 e. The van der Waals surface area contributed by atoms with E-state index in [1.807, 2.05) is 30.3 Å². The van der Waals surface area contributed by atoms with Crippen LogP contribution < -0.4 is 5.32 Å². The van der Waals surface area contributed by atoms with E-state index < -0.39 is 23.5 Å². The summed E-state index contributed by atoms with van der Waals surface area (Å²) < 4.78 is 19.8. The lowest BCUT2D eigenvalue weighted by Crippen LogP contribution is -2.59. The summed E-state index contributed by atoms with van der Waals surface area (Å²) in [5.74, 6) is -1.29. The SMILES string of the molecule is CCc1ccc(C(=O)N2CCC3(CC2)OC[C@H](C(=O)NCc2cccnc2)N3C(=O)c2ccc(F)cc2)cc1. The van der Waals surface area contributed by atoms with Gasteiger partial charge in [0.05, 0.1) is 6.61 Å². The van der Waals surface area contributed by atoms with Crippen molar-refractivity contribution in [2.75, 3.05) is 19.7 Å². The average Bonchev–Trinajstić information content (AvgIpc) is 3.35. The molecule has 1 spiro atoms. The molecule has 1 aromatic heterocycles. The van der Waals surface area contributed by atoms with Gasteiger partial charge in [0.1, 0.15) is 17.6 Å². The molecular weight excluding hydrogens is 499 g/mol. The molecule has 1 N–H and O–H groups in total. The maximum atomic E-state index is 13.8. The molecule has 0 unspecified atom stereocenters. The molecule has 3 amide bonds. The molecule has 202 valence electrons. The monoisotopic (exact) mass is 530 g/mol. The van der Waals surface area contributed by atoms with Crippen LogP contribution in [0.15, 0.2) is 73.1 Å². The first-order chi connectivity index (χ1) is 18.9. The second-order valence-corrected chi connectivity index (χ2v) is 9.88. The molecule has 8 nitrogen and oxygen atoms in total. The number of carbonyl (C=O) groups is 3. The second-order valence-electron chi connectivity index (χ2n) is 9.88. The van der Waals surface area contributed by atoms with Gasteiger partial charge in [0.2, 0.25) is 5.91 Å². The van der Waals surface area contributed by atoms with Crippen LogP contribution in [0.25, 0.3) is 0 Å². The van der Waals surface area contributed by atoms with E-state index in [0.29, 0.717) is 31.5 Å². The van der Waals surface area contributed by atoms with Gasteiger partial charge in [-0.25, -0.2) is 4.39 Å². The van der Waals surface area contributed by atoms with E-state index in [-0.39, 0.29) is 30.5 Å². The minimum atomic E-state index is -1.05. The van der Waals surface area contributed by atoms with Gasteiger partial charge in [0.15, 0.2) is 0 Å². The van der Waals surface area contributed by atoms with E-state index in [1.54, 1.807) is 23.4 Å². The van der Waals surface area contributed by atoms with Gasteiger partial charge in [-0.3, -0.25) is 24.3 Å². The molecule has 0 aliphatic carbocycles. The van der Waals surface area contributed by atoms with E-state index in [2.05, 4.69) is 17.2 Å². The van der Waals surface area contributed by atoms with Crippen LogP contribution in [0.3, 0.4) is 0 Å².